The molecule has 4 rings (SSSR count). The molecular formula is C24H24ClIN2O. The van der Waals surface area contributed by atoms with Crippen LogP contribution in [-0.4, -0.2) is 10.9 Å². The lowest BCUT2D eigenvalue weighted by molar-refractivity contribution is -0.121. The van der Waals surface area contributed by atoms with Crippen molar-refractivity contribution in [2.45, 2.75) is 38.5 Å². The Labute approximate surface area is 190 Å². The van der Waals surface area contributed by atoms with Gasteiger partial charge in [-0.2, -0.15) is 0 Å². The summed E-state index contributed by atoms with van der Waals surface area (Å²) in [5.74, 6) is 1.06. The first-order chi connectivity index (χ1) is 14.0. The summed E-state index contributed by atoms with van der Waals surface area (Å²) in [4.78, 5) is 17.2. The summed E-state index contributed by atoms with van der Waals surface area (Å²) in [7, 11) is 0. The van der Waals surface area contributed by atoms with Crippen molar-refractivity contribution in [3.8, 4) is 0 Å². The van der Waals surface area contributed by atoms with Crippen LogP contribution in [0, 0.1) is 15.4 Å². The highest BCUT2D eigenvalue weighted by atomic mass is 127. The second-order valence-electron chi connectivity index (χ2n) is 7.96. The summed E-state index contributed by atoms with van der Waals surface area (Å²) in [6.45, 7) is 2.06. The zero-order valence-electron chi connectivity index (χ0n) is 16.4. The van der Waals surface area contributed by atoms with Gasteiger partial charge in [-0.3, -0.25) is 9.78 Å². The molecule has 1 N–H and O–H groups in total. The van der Waals surface area contributed by atoms with E-state index in [0.29, 0.717) is 16.9 Å². The van der Waals surface area contributed by atoms with Crippen LogP contribution >= 0.6 is 34.2 Å². The smallest absolute Gasteiger partial charge is 0.227 e. The van der Waals surface area contributed by atoms with Crippen LogP contribution in [0.3, 0.4) is 0 Å². The van der Waals surface area contributed by atoms with Gasteiger partial charge in [-0.25, -0.2) is 0 Å². The van der Waals surface area contributed by atoms with Crippen LogP contribution in [0.1, 0.15) is 44.1 Å². The molecule has 1 fully saturated rings. The Morgan fingerprint density at radius 2 is 1.83 bits per heavy atom. The lowest BCUT2D eigenvalue weighted by Gasteiger charge is -2.32. The van der Waals surface area contributed by atoms with E-state index in [1.54, 1.807) is 12.1 Å². The van der Waals surface area contributed by atoms with Crippen molar-refractivity contribution in [3.63, 3.8) is 0 Å². The number of fused-ring (bicyclic) bond motifs is 1. The number of hydrogen-bond donors (Lipinski definition) is 1. The van der Waals surface area contributed by atoms with Gasteiger partial charge in [0.25, 0.3) is 0 Å². The van der Waals surface area contributed by atoms with Gasteiger partial charge in [0.1, 0.15) is 0 Å². The minimum atomic E-state index is 0.00163. The average Bonchev–Trinajstić information content (AvgIpc) is 2.74. The molecule has 1 saturated carbocycles. The van der Waals surface area contributed by atoms with Crippen molar-refractivity contribution in [1.82, 2.24) is 4.98 Å². The van der Waals surface area contributed by atoms with Crippen LogP contribution < -0.4 is 5.32 Å². The fraction of sp³-hybridized carbons (Fsp3) is 0.333. The highest BCUT2D eigenvalue weighted by Gasteiger charge is 2.30. The Morgan fingerprint density at radius 1 is 1.10 bits per heavy atom. The number of carbonyl (C=O) groups excluding carboxylic acids is 1. The third kappa shape index (κ3) is 4.75. The predicted molar refractivity (Wildman–Crippen MR) is 128 cm³/mol. The SMILES string of the molecule is C[C@@H](C(=O)Nc1ccc(Cl)cc1)C1CCC(c2ccnc3ccc(I)cc23)CC1. The first-order valence-corrected chi connectivity index (χ1v) is 11.6. The summed E-state index contributed by atoms with van der Waals surface area (Å²) in [5, 5.41) is 4.98. The summed E-state index contributed by atoms with van der Waals surface area (Å²) in [6, 6.07) is 15.9. The van der Waals surface area contributed by atoms with Gasteiger partial charge in [0.15, 0.2) is 0 Å². The van der Waals surface area contributed by atoms with Gasteiger partial charge in [-0.1, -0.05) is 18.5 Å². The number of pyridine rings is 1. The maximum atomic E-state index is 12.7. The van der Waals surface area contributed by atoms with Crippen molar-refractivity contribution in [2.75, 3.05) is 5.32 Å². The van der Waals surface area contributed by atoms with Crippen LogP contribution in [-0.2, 0) is 4.79 Å². The van der Waals surface area contributed by atoms with Crippen molar-refractivity contribution >= 4 is 56.7 Å². The summed E-state index contributed by atoms with van der Waals surface area (Å²) >= 11 is 8.29. The summed E-state index contributed by atoms with van der Waals surface area (Å²) in [6.07, 6.45) is 6.32. The molecule has 0 aliphatic heterocycles. The van der Waals surface area contributed by atoms with E-state index in [2.05, 4.69) is 64.1 Å². The van der Waals surface area contributed by atoms with Crippen LogP contribution in [0.2, 0.25) is 5.02 Å². The summed E-state index contributed by atoms with van der Waals surface area (Å²) in [5.41, 5.74) is 3.28. The molecule has 1 heterocycles. The lowest BCUT2D eigenvalue weighted by atomic mass is 9.73. The molecule has 5 heteroatoms. The topological polar surface area (TPSA) is 42.0 Å². The molecule has 1 aromatic heterocycles. The molecule has 29 heavy (non-hydrogen) atoms. The number of carbonyl (C=O) groups is 1. The number of anilines is 1. The van der Waals surface area contributed by atoms with Gasteiger partial charge in [-0.15, -0.1) is 0 Å². The first kappa shape index (κ1) is 20.6. The van der Waals surface area contributed by atoms with Gasteiger partial charge in [0.05, 0.1) is 5.52 Å². The van der Waals surface area contributed by atoms with E-state index in [9.17, 15) is 4.79 Å². The molecule has 150 valence electrons. The molecule has 0 spiro atoms. The number of nitrogens with one attached hydrogen (secondary N) is 1. The molecule has 0 saturated heterocycles. The molecule has 0 bridgehead atoms. The maximum absolute atomic E-state index is 12.7. The van der Waals surface area contributed by atoms with Gasteiger partial charge in [0, 0.05) is 31.8 Å². The Balaban J connectivity index is 1.41. The van der Waals surface area contributed by atoms with E-state index in [4.69, 9.17) is 11.6 Å². The Hall–Kier alpha value is -1.66. The minimum Gasteiger partial charge on any atom is -0.326 e. The fourth-order valence-corrected chi connectivity index (χ4v) is 5.05. The predicted octanol–water partition coefficient (Wildman–Crippen LogP) is 7.04. The van der Waals surface area contributed by atoms with Gasteiger partial charge in [0.2, 0.25) is 5.91 Å². The van der Waals surface area contributed by atoms with Crippen LogP contribution in [0.4, 0.5) is 5.69 Å². The number of benzene rings is 2. The number of rotatable bonds is 4. The number of halogens is 2. The quantitative estimate of drug-likeness (QED) is 0.376. The fourth-order valence-electron chi connectivity index (χ4n) is 4.43. The van der Waals surface area contributed by atoms with Gasteiger partial charge in [-0.05, 0) is 114 Å². The minimum absolute atomic E-state index is 0.00163. The third-order valence-electron chi connectivity index (χ3n) is 6.18. The average molecular weight is 519 g/mol. The second-order valence-corrected chi connectivity index (χ2v) is 9.64. The molecular weight excluding hydrogens is 495 g/mol. The van der Waals surface area contributed by atoms with Crippen molar-refractivity contribution < 1.29 is 4.79 Å². The number of hydrogen-bond acceptors (Lipinski definition) is 2. The number of aromatic nitrogens is 1. The van der Waals surface area contributed by atoms with E-state index in [0.717, 1.165) is 36.9 Å². The molecule has 0 unspecified atom stereocenters. The Bertz CT molecular complexity index is 1010. The third-order valence-corrected chi connectivity index (χ3v) is 7.10. The van der Waals surface area contributed by atoms with E-state index < -0.39 is 0 Å². The number of nitrogens with zero attached hydrogens (tertiary/aromatic N) is 1. The van der Waals surface area contributed by atoms with Crippen molar-refractivity contribution in [2.24, 2.45) is 11.8 Å². The van der Waals surface area contributed by atoms with Gasteiger partial charge < -0.3 is 5.32 Å². The van der Waals surface area contributed by atoms with E-state index in [1.807, 2.05) is 18.3 Å². The zero-order chi connectivity index (χ0) is 20.4. The molecule has 0 radical (unpaired) electrons. The van der Waals surface area contributed by atoms with Gasteiger partial charge >= 0.3 is 0 Å². The Kier molecular flexibility index (Phi) is 6.40. The molecule has 1 aliphatic rings. The van der Waals surface area contributed by atoms with E-state index in [-0.39, 0.29) is 11.8 Å². The van der Waals surface area contributed by atoms with Crippen molar-refractivity contribution in [1.29, 1.82) is 0 Å². The molecule has 2 aromatic carbocycles. The molecule has 1 atom stereocenters. The largest absolute Gasteiger partial charge is 0.326 e. The molecule has 3 nitrogen and oxygen atoms in total. The maximum Gasteiger partial charge on any atom is 0.227 e. The second kappa shape index (κ2) is 9.00. The standard InChI is InChI=1S/C24H24ClIN2O/c1-15(24(29)28-20-9-6-18(25)7-10-20)16-2-4-17(5-3-16)21-12-13-27-23-11-8-19(26)14-22(21)23/h6-17H,2-5H2,1H3,(H,28,29)/t15-,16?,17?/m1/s1. The molecule has 1 amide bonds. The zero-order valence-corrected chi connectivity index (χ0v) is 19.3. The van der Waals surface area contributed by atoms with Crippen LogP contribution in [0.25, 0.3) is 10.9 Å². The molecule has 1 aliphatic carbocycles. The molecule has 3 aromatic rings. The normalized spacial score (nSPS) is 20.4. The summed E-state index contributed by atoms with van der Waals surface area (Å²) < 4.78 is 1.24. The highest BCUT2D eigenvalue weighted by Crippen LogP contribution is 2.41. The first-order valence-electron chi connectivity index (χ1n) is 10.1. The van der Waals surface area contributed by atoms with E-state index in [1.165, 1.54) is 14.5 Å². The number of amides is 1. The van der Waals surface area contributed by atoms with Crippen LogP contribution in [0.15, 0.2) is 54.7 Å². The highest BCUT2D eigenvalue weighted by molar-refractivity contribution is 14.1. The lowest BCUT2D eigenvalue weighted by Crippen LogP contribution is -2.29. The van der Waals surface area contributed by atoms with E-state index >= 15 is 0 Å². The van der Waals surface area contributed by atoms with Crippen LogP contribution in [0.5, 0.6) is 0 Å². The van der Waals surface area contributed by atoms with Crippen molar-refractivity contribution in [3.05, 3.63) is 68.9 Å². The monoisotopic (exact) mass is 518 g/mol. The Morgan fingerprint density at radius 3 is 2.55 bits per heavy atom.